The molecule has 0 amide bonds. The van der Waals surface area contributed by atoms with Crippen molar-refractivity contribution in [2.45, 2.75) is 12.8 Å². The van der Waals surface area contributed by atoms with Gasteiger partial charge in [0.05, 0.1) is 0 Å². The predicted octanol–water partition coefficient (Wildman–Crippen LogP) is 1.36. The van der Waals surface area contributed by atoms with Crippen LogP contribution in [0.2, 0.25) is 0 Å². The Morgan fingerprint density at radius 1 is 1.83 bits per heavy atom. The third kappa shape index (κ3) is 0.482. The summed E-state index contributed by atoms with van der Waals surface area (Å²) in [5, 5.41) is 0. The molecule has 32 valence electrons. The Hall–Kier alpha value is -0.590. The quantitative estimate of drug-likeness (QED) is 0.417. The smallest absolute Gasteiger partial charge is 0.0331 e. The van der Waals surface area contributed by atoms with E-state index in [-0.39, 0.29) is 0 Å². The van der Waals surface area contributed by atoms with Crippen LogP contribution in [0.15, 0.2) is 17.3 Å². The van der Waals surface area contributed by atoms with Crippen molar-refractivity contribution >= 4 is 6.21 Å². The van der Waals surface area contributed by atoms with Gasteiger partial charge in [-0.1, -0.05) is 6.58 Å². The molecule has 1 heterocycles. The van der Waals surface area contributed by atoms with E-state index in [1.165, 1.54) is 0 Å². The van der Waals surface area contributed by atoms with Crippen LogP contribution in [-0.4, -0.2) is 6.21 Å². The minimum absolute atomic E-state index is 1.02. The molecule has 0 aromatic rings. The molecule has 0 radical (unpaired) electrons. The second-order valence-corrected chi connectivity index (χ2v) is 1.42. The Bertz CT molecular complexity index is 92.1. The molecule has 1 aliphatic heterocycles. The molecule has 0 atom stereocenters. The zero-order chi connectivity index (χ0) is 4.41. The summed E-state index contributed by atoms with van der Waals surface area (Å²) in [5.41, 5.74) is 1.02. The molecule has 0 bridgehead atoms. The lowest BCUT2D eigenvalue weighted by Gasteiger charge is -1.77. The van der Waals surface area contributed by atoms with Crippen molar-refractivity contribution in [2.24, 2.45) is 4.99 Å². The van der Waals surface area contributed by atoms with E-state index in [0.29, 0.717) is 0 Å². The molecular formula is C5H7N. The summed E-state index contributed by atoms with van der Waals surface area (Å²) in [6.07, 6.45) is 4.07. The van der Waals surface area contributed by atoms with Crippen LogP contribution in [0.4, 0.5) is 0 Å². The summed E-state index contributed by atoms with van der Waals surface area (Å²) in [6, 6.07) is 0. The molecule has 0 aromatic heterocycles. The van der Waals surface area contributed by atoms with Crippen molar-refractivity contribution in [3.05, 3.63) is 12.3 Å². The van der Waals surface area contributed by atoms with E-state index in [9.17, 15) is 0 Å². The highest BCUT2D eigenvalue weighted by Gasteiger charge is 1.93. The predicted molar refractivity (Wildman–Crippen MR) is 26.9 cm³/mol. The van der Waals surface area contributed by atoms with Gasteiger partial charge in [0, 0.05) is 11.9 Å². The zero-order valence-corrected chi connectivity index (χ0v) is 3.65. The van der Waals surface area contributed by atoms with Gasteiger partial charge in [-0.2, -0.15) is 0 Å². The fraction of sp³-hybridized carbons (Fsp3) is 0.400. The van der Waals surface area contributed by atoms with Crippen LogP contribution in [0, 0.1) is 0 Å². The summed E-state index contributed by atoms with van der Waals surface area (Å²) >= 11 is 0. The molecule has 0 fully saturated rings. The third-order valence-corrected chi connectivity index (χ3v) is 0.836. The van der Waals surface area contributed by atoms with Gasteiger partial charge in [0.15, 0.2) is 0 Å². The molecule has 6 heavy (non-hydrogen) atoms. The van der Waals surface area contributed by atoms with E-state index in [1.54, 1.807) is 0 Å². The fourth-order valence-electron chi connectivity index (χ4n) is 0.489. The highest BCUT2D eigenvalue weighted by molar-refractivity contribution is 5.62. The van der Waals surface area contributed by atoms with Gasteiger partial charge < -0.3 is 0 Å². The second kappa shape index (κ2) is 1.25. The van der Waals surface area contributed by atoms with Crippen LogP contribution in [0.25, 0.3) is 0 Å². The van der Waals surface area contributed by atoms with Crippen LogP contribution in [0.1, 0.15) is 12.8 Å². The fourth-order valence-corrected chi connectivity index (χ4v) is 0.489. The van der Waals surface area contributed by atoms with E-state index >= 15 is 0 Å². The monoisotopic (exact) mass is 81.1 g/mol. The Labute approximate surface area is 37.4 Å². The highest BCUT2D eigenvalue weighted by Crippen LogP contribution is 2.07. The van der Waals surface area contributed by atoms with Crippen molar-refractivity contribution in [2.75, 3.05) is 0 Å². The van der Waals surface area contributed by atoms with Crippen molar-refractivity contribution in [3.63, 3.8) is 0 Å². The third-order valence-electron chi connectivity index (χ3n) is 0.836. The summed E-state index contributed by atoms with van der Waals surface area (Å²) in [5.74, 6) is 0. The molecular weight excluding hydrogens is 74.1 g/mol. The lowest BCUT2D eigenvalue weighted by Crippen LogP contribution is -1.60. The number of rotatable bonds is 0. The molecule has 0 N–H and O–H groups in total. The van der Waals surface area contributed by atoms with Crippen LogP contribution >= 0.6 is 0 Å². The molecule has 0 saturated carbocycles. The Morgan fingerprint density at radius 2 is 2.67 bits per heavy atom. The molecule has 0 aromatic carbocycles. The number of nitrogens with zero attached hydrogens (tertiary/aromatic N) is 1. The van der Waals surface area contributed by atoms with Crippen molar-refractivity contribution < 1.29 is 0 Å². The van der Waals surface area contributed by atoms with Gasteiger partial charge >= 0.3 is 0 Å². The summed E-state index contributed by atoms with van der Waals surface area (Å²) < 4.78 is 0. The maximum absolute atomic E-state index is 3.92. The molecule has 0 saturated heterocycles. The topological polar surface area (TPSA) is 12.4 Å². The second-order valence-electron chi connectivity index (χ2n) is 1.42. The van der Waals surface area contributed by atoms with Crippen LogP contribution in [-0.2, 0) is 0 Å². The Kier molecular flexibility index (Phi) is 0.748. The summed E-state index contributed by atoms with van der Waals surface area (Å²) in [4.78, 5) is 3.92. The highest BCUT2D eigenvalue weighted by atomic mass is 14.7. The first-order valence-electron chi connectivity index (χ1n) is 2.10. The molecule has 1 heteroatoms. The summed E-state index contributed by atoms with van der Waals surface area (Å²) in [6.45, 7) is 3.66. The first-order chi connectivity index (χ1) is 2.89. The Morgan fingerprint density at radius 3 is 2.83 bits per heavy atom. The van der Waals surface area contributed by atoms with Crippen molar-refractivity contribution in [3.8, 4) is 0 Å². The first-order valence-corrected chi connectivity index (χ1v) is 2.10. The van der Waals surface area contributed by atoms with Gasteiger partial charge in [-0.3, -0.25) is 4.99 Å². The number of hydrogen-bond acceptors (Lipinski definition) is 1. The Balaban J connectivity index is 2.59. The normalized spacial score (nSPS) is 19.7. The maximum Gasteiger partial charge on any atom is 0.0331 e. The zero-order valence-electron chi connectivity index (χ0n) is 3.65. The lowest BCUT2D eigenvalue weighted by molar-refractivity contribution is 1.08. The standard InChI is InChI=1S/C5H7N/c1-5-3-2-4-6-5/h4H,1-3H2. The number of allylic oxidation sites excluding steroid dienone is 1. The van der Waals surface area contributed by atoms with E-state index in [2.05, 4.69) is 11.6 Å². The van der Waals surface area contributed by atoms with Gasteiger partial charge in [0.1, 0.15) is 0 Å². The lowest BCUT2D eigenvalue weighted by atomic mass is 10.3. The molecule has 0 unspecified atom stereocenters. The number of aliphatic imine (C=N–C) groups is 1. The van der Waals surface area contributed by atoms with Crippen LogP contribution in [0.3, 0.4) is 0 Å². The van der Waals surface area contributed by atoms with Gasteiger partial charge in [-0.25, -0.2) is 0 Å². The van der Waals surface area contributed by atoms with Crippen LogP contribution in [0.5, 0.6) is 0 Å². The minimum atomic E-state index is 1.02. The molecule has 1 rings (SSSR count). The van der Waals surface area contributed by atoms with Crippen molar-refractivity contribution in [1.82, 2.24) is 0 Å². The average molecular weight is 81.1 g/mol. The van der Waals surface area contributed by atoms with Gasteiger partial charge in [-0.15, -0.1) is 0 Å². The van der Waals surface area contributed by atoms with Gasteiger partial charge in [0.2, 0.25) is 0 Å². The van der Waals surface area contributed by atoms with Crippen LogP contribution < -0.4 is 0 Å². The maximum atomic E-state index is 3.92. The van der Waals surface area contributed by atoms with E-state index in [1.807, 2.05) is 6.21 Å². The van der Waals surface area contributed by atoms with Crippen molar-refractivity contribution in [1.29, 1.82) is 0 Å². The SMILES string of the molecule is C=C1CCC=N1. The molecule has 1 nitrogen and oxygen atoms in total. The largest absolute Gasteiger partial charge is 0.266 e. The van der Waals surface area contributed by atoms with Gasteiger partial charge in [-0.05, 0) is 12.8 Å². The minimum Gasteiger partial charge on any atom is -0.266 e. The van der Waals surface area contributed by atoms with E-state index in [4.69, 9.17) is 0 Å². The summed E-state index contributed by atoms with van der Waals surface area (Å²) in [7, 11) is 0. The van der Waals surface area contributed by atoms with Gasteiger partial charge in [0.25, 0.3) is 0 Å². The number of hydrogen-bond donors (Lipinski definition) is 0. The molecule has 0 aliphatic carbocycles. The first kappa shape index (κ1) is 3.59. The molecule has 1 aliphatic rings. The van der Waals surface area contributed by atoms with E-state index < -0.39 is 0 Å². The molecule has 0 spiro atoms. The van der Waals surface area contributed by atoms with E-state index in [0.717, 1.165) is 18.5 Å². The average Bonchev–Trinajstić information content (AvgIpc) is 1.86.